The molecule has 1 atom stereocenters. The molecule has 0 amide bonds. The molecule has 0 aliphatic rings. The first-order valence-electron chi connectivity index (χ1n) is 6.64. The van der Waals surface area contributed by atoms with Crippen LogP contribution in [0.4, 0.5) is 0 Å². The predicted octanol–water partition coefficient (Wildman–Crippen LogP) is 4.38. The van der Waals surface area contributed by atoms with Crippen LogP contribution in [0.2, 0.25) is 0 Å². The lowest BCUT2D eigenvalue weighted by molar-refractivity contribution is 0.405. The summed E-state index contributed by atoms with van der Waals surface area (Å²) in [5.41, 5.74) is 4.80. The minimum absolute atomic E-state index is 0.113. The Balaban J connectivity index is 2.54. The monoisotopic (exact) mass is 333 g/mol. The zero-order valence-electron chi connectivity index (χ0n) is 12.3. The van der Waals surface area contributed by atoms with Crippen LogP contribution in [0.3, 0.4) is 0 Å². The average molecular weight is 334 g/mol. The topological polar surface area (TPSA) is 21.3 Å². The fourth-order valence-corrected chi connectivity index (χ4v) is 2.79. The number of nitrogens with one attached hydrogen (secondary N) is 1. The van der Waals surface area contributed by atoms with Gasteiger partial charge in [0.05, 0.1) is 13.2 Å². The van der Waals surface area contributed by atoms with E-state index < -0.39 is 0 Å². The fraction of sp³-hybridized carbons (Fsp3) is 0.294. The van der Waals surface area contributed by atoms with E-state index in [1.807, 2.05) is 7.05 Å². The number of benzene rings is 2. The third-order valence-electron chi connectivity index (χ3n) is 3.49. The van der Waals surface area contributed by atoms with Gasteiger partial charge in [-0.25, -0.2) is 0 Å². The number of hydrogen-bond donors (Lipinski definition) is 1. The van der Waals surface area contributed by atoms with Crippen LogP contribution in [-0.4, -0.2) is 14.2 Å². The van der Waals surface area contributed by atoms with Gasteiger partial charge in [-0.3, -0.25) is 0 Å². The van der Waals surface area contributed by atoms with E-state index >= 15 is 0 Å². The lowest BCUT2D eigenvalue weighted by Crippen LogP contribution is -2.18. The van der Waals surface area contributed by atoms with Gasteiger partial charge in [-0.1, -0.05) is 45.8 Å². The minimum Gasteiger partial charge on any atom is -0.496 e. The fourth-order valence-electron chi connectivity index (χ4n) is 2.42. The van der Waals surface area contributed by atoms with Crippen molar-refractivity contribution >= 4 is 15.9 Å². The van der Waals surface area contributed by atoms with Crippen molar-refractivity contribution in [3.8, 4) is 5.75 Å². The molecule has 0 aliphatic heterocycles. The lowest BCUT2D eigenvalue weighted by Gasteiger charge is -2.21. The molecule has 2 aromatic carbocycles. The van der Waals surface area contributed by atoms with Crippen LogP contribution < -0.4 is 10.1 Å². The molecule has 0 heterocycles. The van der Waals surface area contributed by atoms with E-state index in [1.54, 1.807) is 7.11 Å². The van der Waals surface area contributed by atoms with Crippen molar-refractivity contribution in [1.82, 2.24) is 5.32 Å². The van der Waals surface area contributed by atoms with Crippen molar-refractivity contribution in [3.63, 3.8) is 0 Å². The summed E-state index contributed by atoms with van der Waals surface area (Å²) in [5, 5.41) is 3.38. The summed E-state index contributed by atoms with van der Waals surface area (Å²) in [6, 6.07) is 12.9. The lowest BCUT2D eigenvalue weighted by atomic mass is 9.96. The highest BCUT2D eigenvalue weighted by atomic mass is 79.9. The average Bonchev–Trinajstić information content (AvgIpc) is 2.43. The molecule has 0 bridgehead atoms. The van der Waals surface area contributed by atoms with Crippen LogP contribution in [0.5, 0.6) is 5.75 Å². The van der Waals surface area contributed by atoms with E-state index in [-0.39, 0.29) is 6.04 Å². The molecular formula is C17H20BrNO. The van der Waals surface area contributed by atoms with Crippen LogP contribution in [0.25, 0.3) is 0 Å². The maximum Gasteiger partial charge on any atom is 0.124 e. The van der Waals surface area contributed by atoms with Gasteiger partial charge in [0, 0.05) is 10.0 Å². The highest BCUT2D eigenvalue weighted by Crippen LogP contribution is 2.34. The minimum atomic E-state index is 0.113. The summed E-state index contributed by atoms with van der Waals surface area (Å²) >= 11 is 3.61. The molecule has 2 nitrogen and oxygen atoms in total. The number of rotatable bonds is 4. The molecule has 1 unspecified atom stereocenters. The summed E-state index contributed by atoms with van der Waals surface area (Å²) in [6.07, 6.45) is 0. The van der Waals surface area contributed by atoms with Crippen molar-refractivity contribution in [2.75, 3.05) is 14.2 Å². The van der Waals surface area contributed by atoms with Crippen LogP contribution in [-0.2, 0) is 0 Å². The number of halogens is 1. The van der Waals surface area contributed by atoms with Crippen LogP contribution in [0.15, 0.2) is 40.9 Å². The third kappa shape index (κ3) is 3.05. The van der Waals surface area contributed by atoms with E-state index in [0.717, 1.165) is 15.8 Å². The third-order valence-corrected chi connectivity index (χ3v) is 4.34. The van der Waals surface area contributed by atoms with E-state index in [4.69, 9.17) is 4.74 Å². The predicted molar refractivity (Wildman–Crippen MR) is 87.5 cm³/mol. The highest BCUT2D eigenvalue weighted by Gasteiger charge is 2.18. The van der Waals surface area contributed by atoms with Gasteiger partial charge in [-0.05, 0) is 44.2 Å². The largest absolute Gasteiger partial charge is 0.496 e. The second-order valence-corrected chi connectivity index (χ2v) is 5.83. The molecule has 0 aliphatic carbocycles. The number of aryl methyl sites for hydroxylation is 2. The van der Waals surface area contributed by atoms with E-state index in [0.29, 0.717) is 0 Å². The van der Waals surface area contributed by atoms with Gasteiger partial charge in [0.15, 0.2) is 0 Å². The molecule has 0 aromatic heterocycles. The number of hydrogen-bond acceptors (Lipinski definition) is 2. The Morgan fingerprint density at radius 3 is 2.50 bits per heavy atom. The first-order valence-corrected chi connectivity index (χ1v) is 7.44. The van der Waals surface area contributed by atoms with Crippen molar-refractivity contribution < 1.29 is 4.74 Å². The van der Waals surface area contributed by atoms with Crippen molar-refractivity contribution in [2.24, 2.45) is 0 Å². The highest BCUT2D eigenvalue weighted by molar-refractivity contribution is 9.10. The molecule has 0 spiro atoms. The zero-order chi connectivity index (χ0) is 14.7. The van der Waals surface area contributed by atoms with Gasteiger partial charge in [0.25, 0.3) is 0 Å². The molecule has 3 heteroatoms. The van der Waals surface area contributed by atoms with Crippen LogP contribution >= 0.6 is 15.9 Å². The van der Waals surface area contributed by atoms with Crippen molar-refractivity contribution in [2.45, 2.75) is 19.9 Å². The van der Waals surface area contributed by atoms with Gasteiger partial charge in [0.2, 0.25) is 0 Å². The Bertz CT molecular complexity index is 610. The molecule has 1 N–H and O–H groups in total. The summed E-state index contributed by atoms with van der Waals surface area (Å²) < 4.78 is 6.65. The number of methoxy groups -OCH3 is 1. The molecule has 20 heavy (non-hydrogen) atoms. The molecule has 0 radical (unpaired) electrons. The molecule has 0 saturated carbocycles. The first-order chi connectivity index (χ1) is 9.56. The molecule has 2 rings (SSSR count). The normalized spacial score (nSPS) is 12.2. The number of ether oxygens (including phenoxy) is 1. The van der Waals surface area contributed by atoms with Crippen LogP contribution in [0.1, 0.15) is 28.3 Å². The van der Waals surface area contributed by atoms with Gasteiger partial charge in [-0.2, -0.15) is 0 Å². The van der Waals surface area contributed by atoms with E-state index in [1.165, 1.54) is 16.7 Å². The molecule has 106 valence electrons. The maximum absolute atomic E-state index is 5.55. The molecule has 2 aromatic rings. The van der Waals surface area contributed by atoms with Gasteiger partial charge in [0.1, 0.15) is 5.75 Å². The Kier molecular flexibility index (Phi) is 4.84. The Hall–Kier alpha value is -1.32. The molecule has 0 fully saturated rings. The SMILES string of the molecule is CNC(c1cccc(C)c1)c1cc(Br)c(C)cc1OC. The van der Waals surface area contributed by atoms with E-state index in [2.05, 4.69) is 71.5 Å². The van der Waals surface area contributed by atoms with Gasteiger partial charge >= 0.3 is 0 Å². The summed E-state index contributed by atoms with van der Waals surface area (Å²) in [6.45, 7) is 4.18. The Labute approximate surface area is 129 Å². The van der Waals surface area contributed by atoms with Crippen LogP contribution in [0, 0.1) is 13.8 Å². The molecule has 0 saturated heterocycles. The van der Waals surface area contributed by atoms with Crippen molar-refractivity contribution in [1.29, 1.82) is 0 Å². The van der Waals surface area contributed by atoms with E-state index in [9.17, 15) is 0 Å². The maximum atomic E-state index is 5.55. The smallest absolute Gasteiger partial charge is 0.124 e. The Morgan fingerprint density at radius 1 is 1.15 bits per heavy atom. The summed E-state index contributed by atoms with van der Waals surface area (Å²) in [7, 11) is 3.69. The molecular weight excluding hydrogens is 314 g/mol. The first kappa shape index (κ1) is 15.1. The standard InChI is InChI=1S/C17H20BrNO/c1-11-6-5-7-13(8-11)17(19-3)14-10-15(18)12(2)9-16(14)20-4/h5-10,17,19H,1-4H3. The summed E-state index contributed by atoms with van der Waals surface area (Å²) in [4.78, 5) is 0. The van der Waals surface area contributed by atoms with Crippen molar-refractivity contribution in [3.05, 3.63) is 63.1 Å². The zero-order valence-corrected chi connectivity index (χ0v) is 13.9. The second kappa shape index (κ2) is 6.42. The Morgan fingerprint density at radius 2 is 1.90 bits per heavy atom. The van der Waals surface area contributed by atoms with Gasteiger partial charge < -0.3 is 10.1 Å². The quantitative estimate of drug-likeness (QED) is 0.896. The second-order valence-electron chi connectivity index (χ2n) is 4.98. The summed E-state index contributed by atoms with van der Waals surface area (Å²) in [5.74, 6) is 0.909. The van der Waals surface area contributed by atoms with Gasteiger partial charge in [-0.15, -0.1) is 0 Å².